The molecular formula is C30H26N4O3. The van der Waals surface area contributed by atoms with Crippen molar-refractivity contribution in [3.05, 3.63) is 109 Å². The number of nitrogens with one attached hydrogen (secondary N) is 1. The maximum absolute atomic E-state index is 12.9. The lowest BCUT2D eigenvalue weighted by atomic mass is 10.1. The Morgan fingerprint density at radius 2 is 1.70 bits per heavy atom. The Morgan fingerprint density at radius 1 is 1.03 bits per heavy atom. The van der Waals surface area contributed by atoms with Gasteiger partial charge in [-0.2, -0.15) is 10.4 Å². The summed E-state index contributed by atoms with van der Waals surface area (Å²) in [5.41, 5.74) is 3.43. The molecule has 0 saturated carbocycles. The molecule has 1 N–H and O–H groups in total. The number of hydrogen-bond acceptors (Lipinski definition) is 5. The third-order valence-electron chi connectivity index (χ3n) is 5.35. The predicted octanol–water partition coefficient (Wildman–Crippen LogP) is 6.05. The van der Waals surface area contributed by atoms with Gasteiger partial charge in [0.05, 0.1) is 18.0 Å². The van der Waals surface area contributed by atoms with Crippen LogP contribution in [0.2, 0.25) is 0 Å². The number of benzene rings is 3. The number of nitriles is 1. The first-order valence-electron chi connectivity index (χ1n) is 11.8. The van der Waals surface area contributed by atoms with E-state index in [0.29, 0.717) is 41.7 Å². The quantitative estimate of drug-likeness (QED) is 0.166. The number of hydrogen-bond donors (Lipinski definition) is 1. The van der Waals surface area contributed by atoms with Crippen molar-refractivity contribution in [2.45, 2.75) is 6.92 Å². The minimum absolute atomic E-state index is 0.0475. The Kier molecular flexibility index (Phi) is 8.15. The Balaban J connectivity index is 1.67. The highest BCUT2D eigenvalue weighted by molar-refractivity contribution is 6.10. The first-order valence-corrected chi connectivity index (χ1v) is 11.8. The number of ether oxygens (including phenoxy) is 2. The summed E-state index contributed by atoms with van der Waals surface area (Å²) < 4.78 is 12.7. The Bertz CT molecular complexity index is 1430. The second-order valence-electron chi connectivity index (χ2n) is 7.92. The van der Waals surface area contributed by atoms with E-state index in [0.717, 1.165) is 11.3 Å². The third-order valence-corrected chi connectivity index (χ3v) is 5.35. The van der Waals surface area contributed by atoms with E-state index in [4.69, 9.17) is 14.6 Å². The molecular weight excluding hydrogens is 464 g/mol. The largest absolute Gasteiger partial charge is 0.494 e. The number of nitrogens with zero attached hydrogens (tertiary/aromatic N) is 3. The number of anilines is 1. The van der Waals surface area contributed by atoms with E-state index in [1.165, 1.54) is 0 Å². The molecule has 4 rings (SSSR count). The van der Waals surface area contributed by atoms with Crippen LogP contribution in [0.1, 0.15) is 12.5 Å². The Morgan fingerprint density at radius 3 is 2.35 bits per heavy atom. The number of aromatic nitrogens is 2. The Labute approximate surface area is 215 Å². The molecule has 3 aromatic carbocycles. The fourth-order valence-electron chi connectivity index (χ4n) is 3.60. The molecule has 0 aliphatic rings. The maximum Gasteiger partial charge on any atom is 0.266 e. The highest BCUT2D eigenvalue weighted by Gasteiger charge is 2.16. The monoisotopic (exact) mass is 490 g/mol. The van der Waals surface area contributed by atoms with E-state index in [-0.39, 0.29) is 5.57 Å². The fraction of sp³-hybridized carbons (Fsp3) is 0.100. The summed E-state index contributed by atoms with van der Waals surface area (Å²) in [6.07, 6.45) is 5.03. The molecule has 0 unspecified atom stereocenters. The second kappa shape index (κ2) is 12.0. The van der Waals surface area contributed by atoms with Crippen LogP contribution in [0.4, 0.5) is 5.69 Å². The number of amides is 1. The van der Waals surface area contributed by atoms with Crippen LogP contribution in [0.15, 0.2) is 103 Å². The first kappa shape index (κ1) is 25.0. The predicted molar refractivity (Wildman–Crippen MR) is 145 cm³/mol. The smallest absolute Gasteiger partial charge is 0.266 e. The van der Waals surface area contributed by atoms with Crippen molar-refractivity contribution >= 4 is 17.7 Å². The lowest BCUT2D eigenvalue weighted by molar-refractivity contribution is -0.112. The van der Waals surface area contributed by atoms with Crippen LogP contribution in [0.5, 0.6) is 11.5 Å². The summed E-state index contributed by atoms with van der Waals surface area (Å²) in [6.45, 7) is 6.52. The zero-order valence-electron chi connectivity index (χ0n) is 20.4. The number of carbonyl (C=O) groups is 1. The summed E-state index contributed by atoms with van der Waals surface area (Å²) in [5, 5.41) is 17.3. The standard InChI is InChI=1S/C30H26N4O3/c1-3-18-37-28-14-10-22(11-15-28)29-24(21-34(33-29)26-8-6-5-7-9-26)19-23(20-31)30(35)32-25-12-16-27(17-13-25)36-4-2/h3,5-17,19,21H,1,4,18H2,2H3,(H,32,35). The van der Waals surface area contributed by atoms with Gasteiger partial charge in [0.2, 0.25) is 0 Å². The van der Waals surface area contributed by atoms with Crippen LogP contribution in [0, 0.1) is 11.3 Å². The van der Waals surface area contributed by atoms with Crippen molar-refractivity contribution in [3.63, 3.8) is 0 Å². The number of rotatable bonds is 10. The minimum Gasteiger partial charge on any atom is -0.494 e. The van der Waals surface area contributed by atoms with Gasteiger partial charge in [-0.05, 0) is 73.7 Å². The first-order chi connectivity index (χ1) is 18.1. The molecule has 0 aliphatic heterocycles. The highest BCUT2D eigenvalue weighted by atomic mass is 16.5. The summed E-state index contributed by atoms with van der Waals surface area (Å²) >= 11 is 0. The van der Waals surface area contributed by atoms with Crippen LogP contribution in [0.3, 0.4) is 0 Å². The van der Waals surface area contributed by atoms with Crippen LogP contribution >= 0.6 is 0 Å². The van der Waals surface area contributed by atoms with E-state index in [1.807, 2.05) is 67.6 Å². The zero-order chi connectivity index (χ0) is 26.0. The molecule has 0 atom stereocenters. The van der Waals surface area contributed by atoms with E-state index >= 15 is 0 Å². The molecule has 1 aromatic heterocycles. The molecule has 0 bridgehead atoms. The van der Waals surface area contributed by atoms with Gasteiger partial charge in [-0.3, -0.25) is 4.79 Å². The summed E-state index contributed by atoms with van der Waals surface area (Å²) in [6, 6.07) is 26.1. The molecule has 0 aliphatic carbocycles. The highest BCUT2D eigenvalue weighted by Crippen LogP contribution is 2.28. The average Bonchev–Trinajstić information content (AvgIpc) is 3.36. The van der Waals surface area contributed by atoms with Crippen molar-refractivity contribution < 1.29 is 14.3 Å². The van der Waals surface area contributed by atoms with Crippen LogP contribution < -0.4 is 14.8 Å². The van der Waals surface area contributed by atoms with Gasteiger partial charge >= 0.3 is 0 Å². The van der Waals surface area contributed by atoms with E-state index < -0.39 is 5.91 Å². The van der Waals surface area contributed by atoms with Gasteiger partial charge in [-0.15, -0.1) is 0 Å². The molecule has 4 aromatic rings. The lowest BCUT2D eigenvalue weighted by Gasteiger charge is -2.07. The van der Waals surface area contributed by atoms with E-state index in [9.17, 15) is 10.1 Å². The Hall–Kier alpha value is -5.09. The van der Waals surface area contributed by atoms with Gasteiger partial charge in [-0.1, -0.05) is 30.9 Å². The zero-order valence-corrected chi connectivity index (χ0v) is 20.4. The van der Waals surface area contributed by atoms with Crippen molar-refractivity contribution in [1.29, 1.82) is 5.26 Å². The summed E-state index contributed by atoms with van der Waals surface area (Å²) in [4.78, 5) is 12.9. The molecule has 7 heteroatoms. The summed E-state index contributed by atoms with van der Waals surface area (Å²) in [5.74, 6) is 0.893. The van der Waals surface area contributed by atoms with Gasteiger partial charge in [0.15, 0.2) is 0 Å². The third kappa shape index (κ3) is 6.32. The normalized spacial score (nSPS) is 10.9. The van der Waals surface area contributed by atoms with Crippen molar-refractivity contribution in [1.82, 2.24) is 9.78 Å². The van der Waals surface area contributed by atoms with Crippen LogP contribution in [0.25, 0.3) is 23.0 Å². The van der Waals surface area contributed by atoms with Gasteiger partial charge in [0, 0.05) is 23.0 Å². The number of para-hydroxylation sites is 1. The van der Waals surface area contributed by atoms with Crippen molar-refractivity contribution in [2.75, 3.05) is 18.5 Å². The topological polar surface area (TPSA) is 89.2 Å². The average molecular weight is 491 g/mol. The van der Waals surface area contributed by atoms with Gasteiger partial charge in [0.25, 0.3) is 5.91 Å². The van der Waals surface area contributed by atoms with Gasteiger partial charge in [0.1, 0.15) is 29.7 Å². The molecule has 0 radical (unpaired) electrons. The number of carbonyl (C=O) groups excluding carboxylic acids is 1. The van der Waals surface area contributed by atoms with Crippen molar-refractivity contribution in [3.8, 4) is 34.5 Å². The maximum atomic E-state index is 12.9. The lowest BCUT2D eigenvalue weighted by Crippen LogP contribution is -2.13. The SMILES string of the molecule is C=CCOc1ccc(-c2nn(-c3ccccc3)cc2C=C(C#N)C(=O)Nc2ccc(OCC)cc2)cc1. The van der Waals surface area contributed by atoms with Crippen LogP contribution in [-0.4, -0.2) is 28.9 Å². The molecule has 184 valence electrons. The molecule has 0 spiro atoms. The molecule has 0 fully saturated rings. The van der Waals surface area contributed by atoms with Crippen molar-refractivity contribution in [2.24, 2.45) is 0 Å². The second-order valence-corrected chi connectivity index (χ2v) is 7.92. The summed E-state index contributed by atoms with van der Waals surface area (Å²) in [7, 11) is 0. The van der Waals surface area contributed by atoms with E-state index in [1.54, 1.807) is 47.3 Å². The molecule has 1 heterocycles. The van der Waals surface area contributed by atoms with Crippen LogP contribution in [-0.2, 0) is 4.79 Å². The molecule has 7 nitrogen and oxygen atoms in total. The molecule has 0 saturated heterocycles. The fourth-order valence-corrected chi connectivity index (χ4v) is 3.60. The molecule has 37 heavy (non-hydrogen) atoms. The minimum atomic E-state index is -0.516. The van der Waals surface area contributed by atoms with Gasteiger partial charge in [-0.25, -0.2) is 4.68 Å². The van der Waals surface area contributed by atoms with Gasteiger partial charge < -0.3 is 14.8 Å². The molecule has 1 amide bonds. The van der Waals surface area contributed by atoms with E-state index in [2.05, 4.69) is 11.9 Å².